The molecule has 1 saturated heterocycles. The fourth-order valence-electron chi connectivity index (χ4n) is 3.35. The quantitative estimate of drug-likeness (QED) is 0.935. The lowest BCUT2D eigenvalue weighted by atomic mass is 10.1. The number of fused-ring (bicyclic) bond motifs is 1. The SMILES string of the molecule is Cc1ccc2cc(CNC3CCOC3C3CC3)ccc2n1. The summed E-state index contributed by atoms with van der Waals surface area (Å²) in [6.07, 6.45) is 4.30. The van der Waals surface area contributed by atoms with Gasteiger partial charge >= 0.3 is 0 Å². The Labute approximate surface area is 125 Å². The van der Waals surface area contributed by atoms with Gasteiger partial charge in [0.2, 0.25) is 0 Å². The highest BCUT2D eigenvalue weighted by Gasteiger charge is 2.40. The Balaban J connectivity index is 1.45. The van der Waals surface area contributed by atoms with Crippen LogP contribution in [0.2, 0.25) is 0 Å². The largest absolute Gasteiger partial charge is 0.376 e. The first-order valence-electron chi connectivity index (χ1n) is 8.01. The minimum atomic E-state index is 0.453. The molecule has 1 aromatic carbocycles. The van der Waals surface area contributed by atoms with Crippen LogP contribution in [0, 0.1) is 12.8 Å². The maximum atomic E-state index is 5.89. The Kier molecular flexibility index (Phi) is 3.40. The maximum absolute atomic E-state index is 5.89. The van der Waals surface area contributed by atoms with Crippen molar-refractivity contribution in [2.75, 3.05) is 6.61 Å². The van der Waals surface area contributed by atoms with Crippen LogP contribution in [0.1, 0.15) is 30.5 Å². The molecule has 0 amide bonds. The number of nitrogens with one attached hydrogen (secondary N) is 1. The van der Waals surface area contributed by atoms with Crippen molar-refractivity contribution in [1.82, 2.24) is 10.3 Å². The Hall–Kier alpha value is -1.45. The van der Waals surface area contributed by atoms with E-state index in [4.69, 9.17) is 4.74 Å². The van der Waals surface area contributed by atoms with Gasteiger partial charge in [0.25, 0.3) is 0 Å². The van der Waals surface area contributed by atoms with Crippen molar-refractivity contribution in [2.24, 2.45) is 5.92 Å². The molecule has 2 aromatic rings. The summed E-state index contributed by atoms with van der Waals surface area (Å²) in [7, 11) is 0. The third-order valence-electron chi connectivity index (χ3n) is 4.68. The van der Waals surface area contributed by atoms with E-state index in [9.17, 15) is 0 Å². The molecule has 110 valence electrons. The van der Waals surface area contributed by atoms with Crippen molar-refractivity contribution in [3.8, 4) is 0 Å². The molecule has 4 rings (SSSR count). The monoisotopic (exact) mass is 282 g/mol. The third kappa shape index (κ3) is 2.81. The van der Waals surface area contributed by atoms with Gasteiger partial charge in [-0.05, 0) is 55.9 Å². The number of aromatic nitrogens is 1. The molecular formula is C18H22N2O. The van der Waals surface area contributed by atoms with Crippen molar-refractivity contribution in [3.63, 3.8) is 0 Å². The zero-order valence-electron chi connectivity index (χ0n) is 12.5. The summed E-state index contributed by atoms with van der Waals surface area (Å²) in [6.45, 7) is 3.87. The van der Waals surface area contributed by atoms with Gasteiger partial charge in [-0.15, -0.1) is 0 Å². The van der Waals surface area contributed by atoms with E-state index in [0.717, 1.165) is 36.7 Å². The molecule has 0 spiro atoms. The molecular weight excluding hydrogens is 260 g/mol. The molecule has 1 aliphatic heterocycles. The molecule has 2 atom stereocenters. The third-order valence-corrected chi connectivity index (χ3v) is 4.68. The van der Waals surface area contributed by atoms with Crippen LogP contribution >= 0.6 is 0 Å². The Morgan fingerprint density at radius 3 is 2.95 bits per heavy atom. The molecule has 2 unspecified atom stereocenters. The lowest BCUT2D eigenvalue weighted by molar-refractivity contribution is 0.0809. The van der Waals surface area contributed by atoms with Gasteiger partial charge in [-0.3, -0.25) is 4.98 Å². The van der Waals surface area contributed by atoms with Crippen LogP contribution in [-0.4, -0.2) is 23.7 Å². The molecule has 1 saturated carbocycles. The molecule has 3 nitrogen and oxygen atoms in total. The Morgan fingerprint density at radius 2 is 2.10 bits per heavy atom. The molecule has 0 bridgehead atoms. The van der Waals surface area contributed by atoms with Gasteiger partial charge in [-0.1, -0.05) is 12.1 Å². The summed E-state index contributed by atoms with van der Waals surface area (Å²) in [5.74, 6) is 0.814. The highest BCUT2D eigenvalue weighted by atomic mass is 16.5. The lowest BCUT2D eigenvalue weighted by Crippen LogP contribution is -2.37. The standard InChI is InChI=1S/C18H22N2O/c1-12-2-4-15-10-13(3-7-16(15)20-12)11-19-17-8-9-21-18(17)14-5-6-14/h2-4,7,10,14,17-19H,5-6,8-9,11H2,1H3. The van der Waals surface area contributed by atoms with Crippen LogP contribution in [0.5, 0.6) is 0 Å². The number of nitrogens with zero attached hydrogens (tertiary/aromatic N) is 1. The molecule has 1 aliphatic carbocycles. The highest BCUT2D eigenvalue weighted by Crippen LogP contribution is 2.38. The van der Waals surface area contributed by atoms with E-state index in [2.05, 4.69) is 40.6 Å². The zero-order valence-corrected chi connectivity index (χ0v) is 12.5. The summed E-state index contributed by atoms with van der Waals surface area (Å²) >= 11 is 0. The van der Waals surface area contributed by atoms with Crippen molar-refractivity contribution in [1.29, 1.82) is 0 Å². The van der Waals surface area contributed by atoms with Crippen molar-refractivity contribution in [2.45, 2.75) is 44.9 Å². The highest BCUT2D eigenvalue weighted by molar-refractivity contribution is 5.79. The Bertz CT molecular complexity index is 651. The van der Waals surface area contributed by atoms with E-state index in [1.165, 1.54) is 23.8 Å². The molecule has 2 heterocycles. The van der Waals surface area contributed by atoms with Crippen LogP contribution in [0.15, 0.2) is 30.3 Å². The number of aryl methyl sites for hydroxylation is 1. The van der Waals surface area contributed by atoms with Crippen LogP contribution in [0.25, 0.3) is 10.9 Å². The number of pyridine rings is 1. The summed E-state index contributed by atoms with van der Waals surface area (Å²) in [5, 5.41) is 4.92. The minimum Gasteiger partial charge on any atom is -0.376 e. The van der Waals surface area contributed by atoms with Gasteiger partial charge in [-0.2, -0.15) is 0 Å². The van der Waals surface area contributed by atoms with Crippen molar-refractivity contribution in [3.05, 3.63) is 41.6 Å². The van der Waals surface area contributed by atoms with Crippen molar-refractivity contribution < 1.29 is 4.74 Å². The van der Waals surface area contributed by atoms with Crippen molar-refractivity contribution >= 4 is 10.9 Å². The Morgan fingerprint density at radius 1 is 1.19 bits per heavy atom. The molecule has 2 fully saturated rings. The first-order valence-corrected chi connectivity index (χ1v) is 8.01. The number of benzene rings is 1. The van der Waals surface area contributed by atoms with E-state index in [1.54, 1.807) is 0 Å². The van der Waals surface area contributed by atoms with E-state index in [0.29, 0.717) is 12.1 Å². The molecule has 1 aromatic heterocycles. The van der Waals surface area contributed by atoms with Gasteiger partial charge < -0.3 is 10.1 Å². The number of hydrogen-bond acceptors (Lipinski definition) is 3. The van der Waals surface area contributed by atoms with Gasteiger partial charge in [0.15, 0.2) is 0 Å². The fraction of sp³-hybridized carbons (Fsp3) is 0.500. The van der Waals surface area contributed by atoms with E-state index >= 15 is 0 Å². The van der Waals surface area contributed by atoms with Crippen LogP contribution in [0.4, 0.5) is 0 Å². The van der Waals surface area contributed by atoms with Gasteiger partial charge in [0, 0.05) is 30.3 Å². The second-order valence-corrected chi connectivity index (χ2v) is 6.43. The van der Waals surface area contributed by atoms with Crippen LogP contribution < -0.4 is 5.32 Å². The molecule has 3 heteroatoms. The van der Waals surface area contributed by atoms with E-state index in [-0.39, 0.29) is 0 Å². The number of rotatable bonds is 4. The van der Waals surface area contributed by atoms with E-state index in [1.807, 2.05) is 6.92 Å². The van der Waals surface area contributed by atoms with Gasteiger partial charge in [0.1, 0.15) is 0 Å². The van der Waals surface area contributed by atoms with E-state index < -0.39 is 0 Å². The molecule has 2 aliphatic rings. The second kappa shape index (κ2) is 5.39. The average molecular weight is 282 g/mol. The summed E-state index contributed by atoms with van der Waals surface area (Å²) in [5.41, 5.74) is 3.48. The predicted octanol–water partition coefficient (Wildman–Crippen LogP) is 3.20. The average Bonchev–Trinajstić information content (AvgIpc) is 3.23. The summed E-state index contributed by atoms with van der Waals surface area (Å²) in [6, 6.07) is 11.3. The normalized spacial score (nSPS) is 25.6. The maximum Gasteiger partial charge on any atom is 0.0757 e. The first-order chi connectivity index (χ1) is 10.3. The predicted molar refractivity (Wildman–Crippen MR) is 84.2 cm³/mol. The van der Waals surface area contributed by atoms with Crippen LogP contribution in [-0.2, 0) is 11.3 Å². The number of hydrogen-bond donors (Lipinski definition) is 1. The molecule has 1 N–H and O–H groups in total. The topological polar surface area (TPSA) is 34.1 Å². The fourth-order valence-corrected chi connectivity index (χ4v) is 3.35. The second-order valence-electron chi connectivity index (χ2n) is 6.43. The zero-order chi connectivity index (χ0) is 14.2. The lowest BCUT2D eigenvalue weighted by Gasteiger charge is -2.19. The first kappa shape index (κ1) is 13.2. The smallest absolute Gasteiger partial charge is 0.0757 e. The number of ether oxygens (including phenoxy) is 1. The van der Waals surface area contributed by atoms with Crippen LogP contribution in [0.3, 0.4) is 0 Å². The summed E-state index contributed by atoms with van der Waals surface area (Å²) in [4.78, 5) is 4.56. The minimum absolute atomic E-state index is 0.453. The molecule has 21 heavy (non-hydrogen) atoms. The van der Waals surface area contributed by atoms with Gasteiger partial charge in [0.05, 0.1) is 11.6 Å². The molecule has 0 radical (unpaired) electrons. The summed E-state index contributed by atoms with van der Waals surface area (Å²) < 4.78 is 5.89. The van der Waals surface area contributed by atoms with Gasteiger partial charge in [-0.25, -0.2) is 0 Å².